The van der Waals surface area contributed by atoms with Crippen molar-refractivity contribution in [2.24, 2.45) is 51.8 Å². The lowest BCUT2D eigenvalue weighted by Gasteiger charge is -2.67. The average Bonchev–Trinajstić information content (AvgIpc) is 3.21. The molecule has 1 N–H and O–H groups in total. The van der Waals surface area contributed by atoms with E-state index in [9.17, 15) is 9.90 Å². The number of benzene rings is 1. The first-order valence-electron chi connectivity index (χ1n) is 14.2. The maximum atomic E-state index is 11.3. The van der Waals surface area contributed by atoms with Crippen molar-refractivity contribution in [1.82, 2.24) is 0 Å². The fourth-order valence-corrected chi connectivity index (χ4v) is 11.0. The van der Waals surface area contributed by atoms with Crippen LogP contribution >= 0.6 is 0 Å². The highest BCUT2D eigenvalue weighted by Crippen LogP contribution is 2.71. The van der Waals surface area contributed by atoms with Gasteiger partial charge in [-0.15, -0.1) is 0 Å². The topological polar surface area (TPSA) is 37.3 Å². The van der Waals surface area contributed by atoms with Gasteiger partial charge in [0.25, 0.3) is 0 Å². The van der Waals surface area contributed by atoms with Gasteiger partial charge >= 0.3 is 5.97 Å². The maximum absolute atomic E-state index is 11.3. The van der Waals surface area contributed by atoms with Gasteiger partial charge < -0.3 is 5.11 Å². The van der Waals surface area contributed by atoms with Crippen LogP contribution in [0, 0.1) is 51.8 Å². The zero-order valence-electron chi connectivity index (χ0n) is 21.8. The van der Waals surface area contributed by atoms with Crippen molar-refractivity contribution < 1.29 is 9.90 Å². The number of carbonyl (C=O) groups is 1. The smallest absolute Gasteiger partial charge is 0.335 e. The lowest BCUT2D eigenvalue weighted by molar-refractivity contribution is -0.168. The first kappa shape index (κ1) is 22.9. The standard InChI is InChI=1S/C32H44O2/c1-20-23(21-7-9-22(10-8-21)29(33)34)13-18-31(3)25(20)15-19-32(4)27-14-17-30(2)16-5-6-26(30)24(27)11-12-28(31)32/h7-10,13,20,24-28H,5-6,11-12,14-19H2,1-4H3,(H,33,34). The Balaban J connectivity index is 1.29. The molecule has 9 unspecified atom stereocenters. The molecule has 184 valence electrons. The Morgan fingerprint density at radius 2 is 1.59 bits per heavy atom. The van der Waals surface area contributed by atoms with Gasteiger partial charge in [-0.05, 0) is 133 Å². The predicted molar refractivity (Wildman–Crippen MR) is 138 cm³/mol. The summed E-state index contributed by atoms with van der Waals surface area (Å²) in [5, 5.41) is 9.29. The van der Waals surface area contributed by atoms with Crippen LogP contribution in [0.4, 0.5) is 0 Å². The van der Waals surface area contributed by atoms with Gasteiger partial charge in [-0.2, -0.15) is 0 Å². The van der Waals surface area contributed by atoms with E-state index in [2.05, 4.69) is 33.8 Å². The van der Waals surface area contributed by atoms with E-state index in [4.69, 9.17) is 0 Å². The molecule has 6 rings (SSSR count). The summed E-state index contributed by atoms with van der Waals surface area (Å²) >= 11 is 0. The van der Waals surface area contributed by atoms with Crippen LogP contribution in [0.3, 0.4) is 0 Å². The third-order valence-electron chi connectivity index (χ3n) is 12.6. The molecule has 0 spiro atoms. The van der Waals surface area contributed by atoms with E-state index in [1.807, 2.05) is 12.1 Å². The van der Waals surface area contributed by atoms with Gasteiger partial charge in [0.15, 0.2) is 0 Å². The Morgan fingerprint density at radius 3 is 2.32 bits per heavy atom. The van der Waals surface area contributed by atoms with E-state index in [-0.39, 0.29) is 0 Å². The summed E-state index contributed by atoms with van der Waals surface area (Å²) in [7, 11) is 0. The Hall–Kier alpha value is -1.57. The quantitative estimate of drug-likeness (QED) is 0.480. The minimum atomic E-state index is -0.840. The zero-order chi connectivity index (χ0) is 23.9. The van der Waals surface area contributed by atoms with E-state index < -0.39 is 5.97 Å². The second-order valence-corrected chi connectivity index (χ2v) is 13.8. The number of carboxylic acids is 1. The molecule has 0 radical (unpaired) electrons. The van der Waals surface area contributed by atoms with Crippen LogP contribution in [-0.4, -0.2) is 11.1 Å². The first-order valence-corrected chi connectivity index (χ1v) is 14.2. The van der Waals surface area contributed by atoms with Gasteiger partial charge in [-0.3, -0.25) is 0 Å². The van der Waals surface area contributed by atoms with Crippen LogP contribution in [0.15, 0.2) is 30.3 Å². The minimum absolute atomic E-state index is 0.383. The molecule has 0 aliphatic heterocycles. The Bertz CT molecular complexity index is 1010. The Labute approximate surface area is 206 Å². The van der Waals surface area contributed by atoms with Gasteiger partial charge in [0, 0.05) is 0 Å². The van der Waals surface area contributed by atoms with Crippen LogP contribution in [0.25, 0.3) is 5.57 Å². The van der Waals surface area contributed by atoms with Crippen LogP contribution in [0.2, 0.25) is 0 Å². The Morgan fingerprint density at radius 1 is 0.853 bits per heavy atom. The first-order chi connectivity index (χ1) is 16.2. The van der Waals surface area contributed by atoms with Crippen molar-refractivity contribution in [3.63, 3.8) is 0 Å². The molecule has 1 aromatic rings. The van der Waals surface area contributed by atoms with Crippen molar-refractivity contribution in [2.45, 2.75) is 91.9 Å². The summed E-state index contributed by atoms with van der Waals surface area (Å²) in [5.41, 5.74) is 4.64. The van der Waals surface area contributed by atoms with Crippen LogP contribution < -0.4 is 0 Å². The lowest BCUT2D eigenvalue weighted by Crippen LogP contribution is -2.59. The van der Waals surface area contributed by atoms with E-state index in [0.717, 1.165) is 29.6 Å². The number of fused-ring (bicyclic) bond motifs is 7. The average molecular weight is 461 g/mol. The summed E-state index contributed by atoms with van der Waals surface area (Å²) < 4.78 is 0. The van der Waals surface area contributed by atoms with E-state index in [1.165, 1.54) is 75.3 Å². The predicted octanol–water partition coefficient (Wildman–Crippen LogP) is 8.47. The molecule has 9 atom stereocenters. The molecule has 0 saturated heterocycles. The molecule has 2 nitrogen and oxygen atoms in total. The van der Waals surface area contributed by atoms with Gasteiger partial charge in [0.05, 0.1) is 5.56 Å². The highest BCUT2D eigenvalue weighted by molar-refractivity contribution is 5.88. The fourth-order valence-electron chi connectivity index (χ4n) is 11.0. The molecule has 34 heavy (non-hydrogen) atoms. The number of hydrogen-bond acceptors (Lipinski definition) is 1. The second-order valence-electron chi connectivity index (χ2n) is 13.8. The van der Waals surface area contributed by atoms with Crippen LogP contribution in [0.5, 0.6) is 0 Å². The maximum Gasteiger partial charge on any atom is 0.335 e. The third-order valence-corrected chi connectivity index (χ3v) is 12.6. The monoisotopic (exact) mass is 460 g/mol. The van der Waals surface area contributed by atoms with Gasteiger partial charge in [0.2, 0.25) is 0 Å². The van der Waals surface area contributed by atoms with Crippen molar-refractivity contribution in [3.05, 3.63) is 41.5 Å². The molecule has 0 heterocycles. The number of carboxylic acid groups (broad SMARTS) is 1. The molecular formula is C32H44O2. The Kier molecular flexibility index (Phi) is 5.19. The van der Waals surface area contributed by atoms with Crippen LogP contribution in [0.1, 0.15) is 108 Å². The minimum Gasteiger partial charge on any atom is -0.478 e. The fraction of sp³-hybridized carbons (Fsp3) is 0.719. The normalized spacial score (nSPS) is 47.6. The largest absolute Gasteiger partial charge is 0.478 e. The molecule has 5 aliphatic carbocycles. The molecule has 4 saturated carbocycles. The van der Waals surface area contributed by atoms with E-state index in [1.54, 1.807) is 12.1 Å². The molecule has 1 aromatic carbocycles. The molecule has 5 aliphatic rings. The highest BCUT2D eigenvalue weighted by Gasteiger charge is 2.63. The molecular weight excluding hydrogens is 416 g/mol. The molecule has 0 aromatic heterocycles. The summed E-state index contributed by atoms with van der Waals surface area (Å²) in [5.74, 6) is 4.22. The van der Waals surface area contributed by atoms with Crippen molar-refractivity contribution in [2.75, 3.05) is 0 Å². The molecule has 0 bridgehead atoms. The number of aromatic carboxylic acids is 1. The van der Waals surface area contributed by atoms with Gasteiger partial charge in [-0.1, -0.05) is 52.3 Å². The third kappa shape index (κ3) is 3.09. The highest BCUT2D eigenvalue weighted by atomic mass is 16.4. The van der Waals surface area contributed by atoms with Gasteiger partial charge in [-0.25, -0.2) is 4.79 Å². The van der Waals surface area contributed by atoms with E-state index >= 15 is 0 Å². The van der Waals surface area contributed by atoms with Crippen molar-refractivity contribution in [1.29, 1.82) is 0 Å². The number of rotatable bonds is 2. The van der Waals surface area contributed by atoms with Gasteiger partial charge in [0.1, 0.15) is 0 Å². The van der Waals surface area contributed by atoms with Crippen molar-refractivity contribution in [3.8, 4) is 0 Å². The summed E-state index contributed by atoms with van der Waals surface area (Å²) in [6, 6.07) is 7.62. The zero-order valence-corrected chi connectivity index (χ0v) is 21.8. The molecule has 4 fully saturated rings. The number of allylic oxidation sites excluding steroid dienone is 2. The summed E-state index contributed by atoms with van der Waals surface area (Å²) in [6.07, 6.45) is 16.9. The molecule has 2 heteroatoms. The van der Waals surface area contributed by atoms with Crippen LogP contribution in [-0.2, 0) is 0 Å². The summed E-state index contributed by atoms with van der Waals surface area (Å²) in [6.45, 7) is 10.5. The summed E-state index contributed by atoms with van der Waals surface area (Å²) in [4.78, 5) is 11.3. The SMILES string of the molecule is CC1C(c2ccc(C(=O)O)cc2)=CCC2(C)C1CCC1(C)C3CCC4(C)CCCC4C3CCC21. The molecule has 0 amide bonds. The second kappa shape index (κ2) is 7.71. The van der Waals surface area contributed by atoms with E-state index in [0.29, 0.717) is 27.7 Å². The number of hydrogen-bond donors (Lipinski definition) is 1. The van der Waals surface area contributed by atoms with Crippen molar-refractivity contribution >= 4 is 11.5 Å². The lowest BCUT2D eigenvalue weighted by atomic mass is 9.38.